The van der Waals surface area contributed by atoms with Gasteiger partial charge < -0.3 is 15.0 Å². The number of methoxy groups -OCH3 is 1. The van der Waals surface area contributed by atoms with Gasteiger partial charge in [0, 0.05) is 24.6 Å². The van der Waals surface area contributed by atoms with Crippen molar-refractivity contribution < 1.29 is 24.3 Å². The van der Waals surface area contributed by atoms with Gasteiger partial charge in [-0.1, -0.05) is 63.6 Å². The van der Waals surface area contributed by atoms with Crippen LogP contribution in [0.3, 0.4) is 0 Å². The van der Waals surface area contributed by atoms with Crippen LogP contribution in [-0.4, -0.2) is 47.5 Å². The van der Waals surface area contributed by atoms with E-state index in [4.69, 9.17) is 4.74 Å². The summed E-state index contributed by atoms with van der Waals surface area (Å²) in [6.45, 7) is 6.99. The van der Waals surface area contributed by atoms with Crippen LogP contribution in [0.25, 0.3) is 11.1 Å². The van der Waals surface area contributed by atoms with Gasteiger partial charge in [0.05, 0.1) is 13.0 Å². The minimum absolute atomic E-state index is 0.106. The topological polar surface area (TPSA) is 108 Å². The van der Waals surface area contributed by atoms with Gasteiger partial charge in [-0.25, -0.2) is 5.48 Å². The zero-order valence-electron chi connectivity index (χ0n) is 23.6. The first kappa shape index (κ1) is 30.2. The molecule has 0 radical (unpaired) electrons. The number of hydrogen-bond donors (Lipinski definition) is 3. The van der Waals surface area contributed by atoms with E-state index in [1.54, 1.807) is 12.6 Å². The number of hydrogen-bond acceptors (Lipinski definition) is 5. The molecule has 0 saturated carbocycles. The molecule has 0 aliphatic carbocycles. The van der Waals surface area contributed by atoms with Crippen molar-refractivity contribution in [2.75, 3.05) is 13.7 Å². The van der Waals surface area contributed by atoms with Crippen LogP contribution in [-0.2, 0) is 20.9 Å². The molecule has 3 N–H and O–H groups in total. The molecule has 2 aromatic carbocycles. The maximum atomic E-state index is 13.6. The second-order valence-electron chi connectivity index (χ2n) is 10.8. The summed E-state index contributed by atoms with van der Waals surface area (Å²) in [5, 5.41) is 12.3. The molecule has 1 aliphatic heterocycles. The van der Waals surface area contributed by atoms with Crippen molar-refractivity contribution in [1.82, 2.24) is 15.7 Å². The fourth-order valence-corrected chi connectivity index (χ4v) is 5.49. The van der Waals surface area contributed by atoms with E-state index in [0.717, 1.165) is 35.3 Å². The number of nitrogens with zero attached hydrogens (tertiary/aromatic N) is 1. The predicted molar refractivity (Wildman–Crippen MR) is 151 cm³/mol. The monoisotopic (exact) mass is 537 g/mol. The molecule has 0 bridgehead atoms. The Hall–Kier alpha value is -3.39. The number of benzene rings is 2. The maximum absolute atomic E-state index is 13.6. The van der Waals surface area contributed by atoms with Crippen molar-refractivity contribution in [1.29, 1.82) is 0 Å². The lowest BCUT2D eigenvalue weighted by Crippen LogP contribution is -2.51. The van der Waals surface area contributed by atoms with Crippen LogP contribution in [0.1, 0.15) is 64.9 Å². The van der Waals surface area contributed by atoms with E-state index in [-0.39, 0.29) is 17.7 Å². The van der Waals surface area contributed by atoms with Crippen LogP contribution in [0.4, 0.5) is 0 Å². The van der Waals surface area contributed by atoms with Crippen molar-refractivity contribution in [3.8, 4) is 16.9 Å². The molecule has 212 valence electrons. The number of carbonyl (C=O) groups is 3. The summed E-state index contributed by atoms with van der Waals surface area (Å²) < 4.78 is 5.53. The summed E-state index contributed by atoms with van der Waals surface area (Å²) in [6, 6.07) is 15.3. The molecule has 0 unspecified atom stereocenters. The Morgan fingerprint density at radius 2 is 1.85 bits per heavy atom. The highest BCUT2D eigenvalue weighted by Gasteiger charge is 2.36. The van der Waals surface area contributed by atoms with Gasteiger partial charge in [0.25, 0.3) is 0 Å². The SMILES string of the molecule is CCC[C@H](C(=O)NO)[C@H](CC(C)C)C(=O)N[C@H]1CCCCN(Cc2cccc(-c3ccccc3OC)c2)C1=O. The number of carbonyl (C=O) groups excluding carboxylic acids is 3. The van der Waals surface area contributed by atoms with Crippen molar-refractivity contribution in [3.05, 3.63) is 54.1 Å². The number of likely N-dealkylation sites (tertiary alicyclic amines) is 1. The first-order valence-electron chi connectivity index (χ1n) is 14.0. The average molecular weight is 538 g/mol. The molecule has 3 rings (SSSR count). The zero-order valence-corrected chi connectivity index (χ0v) is 23.6. The van der Waals surface area contributed by atoms with Crippen LogP contribution in [0.5, 0.6) is 5.75 Å². The van der Waals surface area contributed by atoms with E-state index in [9.17, 15) is 19.6 Å². The van der Waals surface area contributed by atoms with Crippen molar-refractivity contribution in [2.45, 2.75) is 71.9 Å². The lowest BCUT2D eigenvalue weighted by Gasteiger charge is -2.29. The average Bonchev–Trinajstić information content (AvgIpc) is 3.10. The van der Waals surface area contributed by atoms with Gasteiger partial charge in [0.2, 0.25) is 17.7 Å². The van der Waals surface area contributed by atoms with Crippen LogP contribution >= 0.6 is 0 Å². The molecule has 1 saturated heterocycles. The molecule has 1 heterocycles. The number of rotatable bonds is 12. The normalized spacial score (nSPS) is 17.3. The number of nitrogens with one attached hydrogen (secondary N) is 2. The van der Waals surface area contributed by atoms with Crippen molar-refractivity contribution >= 4 is 17.7 Å². The van der Waals surface area contributed by atoms with E-state index >= 15 is 0 Å². The second-order valence-corrected chi connectivity index (χ2v) is 10.8. The first-order chi connectivity index (χ1) is 18.8. The van der Waals surface area contributed by atoms with E-state index < -0.39 is 23.8 Å². The standard InChI is InChI=1S/C31H43N3O5/c1-5-11-25(30(36)33-38)26(18-21(2)3)29(35)32-27-15-8-9-17-34(31(27)37)20-22-12-10-13-23(19-22)24-14-6-7-16-28(24)39-4/h6-7,10,12-14,16,19,21,25-27,38H,5,8-9,11,15,17-18,20H2,1-4H3,(H,32,35)(H,33,36)/t25-,26-,27-/m0/s1. The van der Waals surface area contributed by atoms with E-state index in [0.29, 0.717) is 38.8 Å². The Morgan fingerprint density at radius 3 is 2.54 bits per heavy atom. The number of ether oxygens (including phenoxy) is 1. The summed E-state index contributed by atoms with van der Waals surface area (Å²) >= 11 is 0. The van der Waals surface area contributed by atoms with Gasteiger partial charge in [-0.2, -0.15) is 0 Å². The molecule has 2 aromatic rings. The molecule has 0 spiro atoms. The number of para-hydroxylation sites is 1. The van der Waals surface area contributed by atoms with Gasteiger partial charge >= 0.3 is 0 Å². The summed E-state index contributed by atoms with van der Waals surface area (Å²) in [6.07, 6.45) is 3.89. The summed E-state index contributed by atoms with van der Waals surface area (Å²) in [4.78, 5) is 41.4. The van der Waals surface area contributed by atoms with E-state index in [1.165, 1.54) is 0 Å². The third-order valence-electron chi connectivity index (χ3n) is 7.41. The van der Waals surface area contributed by atoms with Crippen LogP contribution in [0, 0.1) is 17.8 Å². The molecule has 1 fully saturated rings. The summed E-state index contributed by atoms with van der Waals surface area (Å²) in [5.41, 5.74) is 4.73. The van der Waals surface area contributed by atoms with Crippen LogP contribution < -0.4 is 15.5 Å². The minimum atomic E-state index is -0.655. The van der Waals surface area contributed by atoms with Gasteiger partial charge in [-0.15, -0.1) is 0 Å². The molecule has 3 amide bonds. The fourth-order valence-electron chi connectivity index (χ4n) is 5.49. The smallest absolute Gasteiger partial charge is 0.247 e. The lowest BCUT2D eigenvalue weighted by atomic mass is 9.81. The minimum Gasteiger partial charge on any atom is -0.496 e. The summed E-state index contributed by atoms with van der Waals surface area (Å²) in [5.74, 6) is -1.29. The second kappa shape index (κ2) is 14.7. The molecule has 1 aliphatic rings. The lowest BCUT2D eigenvalue weighted by molar-refractivity contribution is -0.143. The Labute approximate surface area is 232 Å². The Bertz CT molecular complexity index is 1120. The quantitative estimate of drug-likeness (QED) is 0.262. The number of amides is 3. The predicted octanol–water partition coefficient (Wildman–Crippen LogP) is 4.94. The van der Waals surface area contributed by atoms with E-state index in [1.807, 2.05) is 68.1 Å². The Balaban J connectivity index is 1.78. The highest BCUT2D eigenvalue weighted by atomic mass is 16.5. The highest BCUT2D eigenvalue weighted by molar-refractivity contribution is 5.91. The van der Waals surface area contributed by atoms with Crippen LogP contribution in [0.15, 0.2) is 48.5 Å². The molecular formula is C31H43N3O5. The van der Waals surface area contributed by atoms with Gasteiger partial charge in [-0.05, 0) is 61.3 Å². The fraction of sp³-hybridized carbons (Fsp3) is 0.516. The maximum Gasteiger partial charge on any atom is 0.247 e. The third kappa shape index (κ3) is 8.05. The van der Waals surface area contributed by atoms with Gasteiger partial charge in [0.1, 0.15) is 11.8 Å². The first-order valence-corrected chi connectivity index (χ1v) is 14.0. The molecule has 39 heavy (non-hydrogen) atoms. The number of hydroxylamine groups is 1. The zero-order chi connectivity index (χ0) is 28.4. The molecule has 0 aromatic heterocycles. The Kier molecular flexibility index (Phi) is 11.3. The molecule has 3 atom stereocenters. The van der Waals surface area contributed by atoms with Crippen molar-refractivity contribution in [3.63, 3.8) is 0 Å². The summed E-state index contributed by atoms with van der Waals surface area (Å²) in [7, 11) is 1.65. The molecule has 8 nitrogen and oxygen atoms in total. The van der Waals surface area contributed by atoms with E-state index in [2.05, 4.69) is 11.4 Å². The van der Waals surface area contributed by atoms with Crippen LogP contribution in [0.2, 0.25) is 0 Å². The van der Waals surface area contributed by atoms with Gasteiger partial charge in [0.15, 0.2) is 0 Å². The van der Waals surface area contributed by atoms with Gasteiger partial charge in [-0.3, -0.25) is 19.6 Å². The Morgan fingerprint density at radius 1 is 1.08 bits per heavy atom. The van der Waals surface area contributed by atoms with Crippen molar-refractivity contribution in [2.24, 2.45) is 17.8 Å². The molecular weight excluding hydrogens is 494 g/mol. The largest absolute Gasteiger partial charge is 0.496 e. The third-order valence-corrected chi connectivity index (χ3v) is 7.41. The highest BCUT2D eigenvalue weighted by Crippen LogP contribution is 2.31. The molecule has 8 heteroatoms.